The summed E-state index contributed by atoms with van der Waals surface area (Å²) in [5.74, 6) is -0.792. The number of nitrogens with two attached hydrogens (primary N) is 1. The third-order valence-electron chi connectivity index (χ3n) is 3.35. The van der Waals surface area contributed by atoms with Crippen LogP contribution in [0.5, 0.6) is 0 Å². The highest BCUT2D eigenvalue weighted by atomic mass is 16.4. The standard InChI is InChI=1S/C14H17N3O3/c15-13(20)11-4-2-8-17(9-11)14-10(3-1-7-16-14)5-6-12(18)19/h1,3,5-7,11H,2,4,8-9H2,(H2,15,20)(H,18,19)/b6-5+. The van der Waals surface area contributed by atoms with Crippen molar-refractivity contribution in [3.8, 4) is 0 Å². The summed E-state index contributed by atoms with van der Waals surface area (Å²) in [5, 5.41) is 8.71. The Morgan fingerprint density at radius 3 is 3.00 bits per heavy atom. The Labute approximate surface area is 116 Å². The zero-order chi connectivity index (χ0) is 14.5. The van der Waals surface area contributed by atoms with Gasteiger partial charge in [0, 0.05) is 30.9 Å². The third-order valence-corrected chi connectivity index (χ3v) is 3.35. The number of carbonyl (C=O) groups is 2. The highest BCUT2D eigenvalue weighted by molar-refractivity contribution is 5.86. The van der Waals surface area contributed by atoms with Gasteiger partial charge in [-0.3, -0.25) is 4.79 Å². The summed E-state index contributed by atoms with van der Waals surface area (Å²) in [6.45, 7) is 1.31. The zero-order valence-corrected chi connectivity index (χ0v) is 11.0. The number of carbonyl (C=O) groups excluding carboxylic acids is 1. The molecule has 1 saturated heterocycles. The number of carboxylic acid groups (broad SMARTS) is 1. The van der Waals surface area contributed by atoms with Gasteiger partial charge in [0.1, 0.15) is 5.82 Å². The lowest BCUT2D eigenvalue weighted by atomic mass is 9.97. The minimum absolute atomic E-state index is 0.179. The molecule has 1 atom stereocenters. The van der Waals surface area contributed by atoms with Crippen molar-refractivity contribution in [1.29, 1.82) is 0 Å². The van der Waals surface area contributed by atoms with Crippen LogP contribution in [0.25, 0.3) is 6.08 Å². The van der Waals surface area contributed by atoms with Crippen LogP contribution in [0.1, 0.15) is 18.4 Å². The van der Waals surface area contributed by atoms with Gasteiger partial charge in [0.15, 0.2) is 0 Å². The molecule has 6 heteroatoms. The number of rotatable bonds is 4. The number of anilines is 1. The van der Waals surface area contributed by atoms with Crippen molar-refractivity contribution in [2.24, 2.45) is 11.7 Å². The maximum absolute atomic E-state index is 11.3. The van der Waals surface area contributed by atoms with Crippen LogP contribution >= 0.6 is 0 Å². The molecule has 2 rings (SSSR count). The maximum Gasteiger partial charge on any atom is 0.328 e. The van der Waals surface area contributed by atoms with Crippen LogP contribution in [-0.4, -0.2) is 35.1 Å². The number of primary amides is 1. The zero-order valence-electron chi connectivity index (χ0n) is 11.0. The number of aliphatic carboxylic acids is 1. The van der Waals surface area contributed by atoms with Gasteiger partial charge in [-0.05, 0) is 31.1 Å². The monoisotopic (exact) mass is 275 g/mol. The number of carboxylic acids is 1. The number of pyridine rings is 1. The fourth-order valence-corrected chi connectivity index (χ4v) is 2.37. The van der Waals surface area contributed by atoms with Gasteiger partial charge in [0.25, 0.3) is 0 Å². The van der Waals surface area contributed by atoms with E-state index in [1.54, 1.807) is 18.3 Å². The van der Waals surface area contributed by atoms with Crippen LogP contribution in [-0.2, 0) is 9.59 Å². The molecule has 0 spiro atoms. The van der Waals surface area contributed by atoms with Crippen molar-refractivity contribution >= 4 is 23.8 Å². The number of aromatic nitrogens is 1. The minimum atomic E-state index is -1.01. The first kappa shape index (κ1) is 14.0. The van der Waals surface area contributed by atoms with E-state index in [1.807, 2.05) is 4.90 Å². The van der Waals surface area contributed by atoms with Crippen molar-refractivity contribution in [3.05, 3.63) is 30.0 Å². The summed E-state index contributed by atoms with van der Waals surface area (Å²) < 4.78 is 0. The molecule has 1 aromatic heterocycles. The first-order chi connectivity index (χ1) is 9.58. The number of nitrogens with zero attached hydrogens (tertiary/aromatic N) is 2. The van der Waals surface area contributed by atoms with E-state index >= 15 is 0 Å². The van der Waals surface area contributed by atoms with E-state index in [4.69, 9.17) is 10.8 Å². The summed E-state index contributed by atoms with van der Waals surface area (Å²) in [7, 11) is 0. The Morgan fingerprint density at radius 1 is 1.50 bits per heavy atom. The van der Waals surface area contributed by atoms with Gasteiger partial charge in [-0.25, -0.2) is 9.78 Å². The lowest BCUT2D eigenvalue weighted by Crippen LogP contribution is -2.41. The molecule has 1 aromatic rings. The van der Waals surface area contributed by atoms with Gasteiger partial charge < -0.3 is 15.7 Å². The average molecular weight is 275 g/mol. The normalized spacial score (nSPS) is 19.2. The summed E-state index contributed by atoms with van der Waals surface area (Å²) in [6.07, 6.45) is 5.90. The molecule has 106 valence electrons. The van der Waals surface area contributed by atoms with Crippen molar-refractivity contribution in [3.63, 3.8) is 0 Å². The van der Waals surface area contributed by atoms with Crippen LogP contribution in [0.4, 0.5) is 5.82 Å². The van der Waals surface area contributed by atoms with Gasteiger partial charge in [-0.15, -0.1) is 0 Å². The lowest BCUT2D eigenvalue weighted by Gasteiger charge is -2.32. The lowest BCUT2D eigenvalue weighted by molar-refractivity contribution is -0.131. The third kappa shape index (κ3) is 3.34. The van der Waals surface area contributed by atoms with Crippen LogP contribution in [0.3, 0.4) is 0 Å². The Morgan fingerprint density at radius 2 is 2.30 bits per heavy atom. The fraction of sp³-hybridized carbons (Fsp3) is 0.357. The fourth-order valence-electron chi connectivity index (χ4n) is 2.37. The minimum Gasteiger partial charge on any atom is -0.478 e. The van der Waals surface area contributed by atoms with Gasteiger partial charge in [0.2, 0.25) is 5.91 Å². The molecule has 1 aliphatic rings. The number of hydrogen-bond acceptors (Lipinski definition) is 4. The molecule has 20 heavy (non-hydrogen) atoms. The molecule has 3 N–H and O–H groups in total. The molecule has 1 fully saturated rings. The summed E-state index contributed by atoms with van der Waals surface area (Å²) in [5.41, 5.74) is 6.09. The molecule has 0 aliphatic carbocycles. The van der Waals surface area contributed by atoms with Gasteiger partial charge in [-0.2, -0.15) is 0 Å². The first-order valence-corrected chi connectivity index (χ1v) is 6.48. The van der Waals surface area contributed by atoms with E-state index < -0.39 is 5.97 Å². The quantitative estimate of drug-likeness (QED) is 0.795. The summed E-state index contributed by atoms with van der Waals surface area (Å²) >= 11 is 0. The van der Waals surface area contributed by atoms with Crippen LogP contribution in [0, 0.1) is 5.92 Å². The van der Waals surface area contributed by atoms with Crippen molar-refractivity contribution < 1.29 is 14.7 Å². The van der Waals surface area contributed by atoms with E-state index in [9.17, 15) is 9.59 Å². The molecule has 0 radical (unpaired) electrons. The highest BCUT2D eigenvalue weighted by Gasteiger charge is 2.25. The van der Waals surface area contributed by atoms with E-state index in [2.05, 4.69) is 4.98 Å². The van der Waals surface area contributed by atoms with Gasteiger partial charge in [-0.1, -0.05) is 0 Å². The largest absolute Gasteiger partial charge is 0.478 e. The van der Waals surface area contributed by atoms with Gasteiger partial charge >= 0.3 is 5.97 Å². The first-order valence-electron chi connectivity index (χ1n) is 6.48. The number of hydrogen-bond donors (Lipinski definition) is 2. The highest BCUT2D eigenvalue weighted by Crippen LogP contribution is 2.25. The molecular formula is C14H17N3O3. The smallest absolute Gasteiger partial charge is 0.328 e. The predicted molar refractivity (Wildman–Crippen MR) is 75.0 cm³/mol. The van der Waals surface area contributed by atoms with E-state index in [1.165, 1.54) is 6.08 Å². The second-order valence-electron chi connectivity index (χ2n) is 4.78. The molecule has 1 amide bonds. The average Bonchev–Trinajstić information content (AvgIpc) is 2.45. The Hall–Kier alpha value is -2.37. The molecule has 6 nitrogen and oxygen atoms in total. The van der Waals surface area contributed by atoms with Crippen molar-refractivity contribution in [2.45, 2.75) is 12.8 Å². The Bertz CT molecular complexity index is 542. The molecule has 0 saturated carbocycles. The van der Waals surface area contributed by atoms with E-state index in [0.29, 0.717) is 12.4 Å². The van der Waals surface area contributed by atoms with Crippen LogP contribution in [0.15, 0.2) is 24.4 Å². The Kier molecular flexibility index (Phi) is 4.34. The van der Waals surface area contributed by atoms with E-state index in [-0.39, 0.29) is 11.8 Å². The molecule has 1 unspecified atom stereocenters. The summed E-state index contributed by atoms with van der Waals surface area (Å²) in [6, 6.07) is 3.55. The number of piperidine rings is 1. The molecule has 1 aliphatic heterocycles. The molecule has 0 bridgehead atoms. The van der Waals surface area contributed by atoms with Crippen molar-refractivity contribution in [2.75, 3.05) is 18.0 Å². The predicted octanol–water partition coefficient (Wildman–Crippen LogP) is 0.881. The molecule has 2 heterocycles. The van der Waals surface area contributed by atoms with Crippen molar-refractivity contribution in [1.82, 2.24) is 4.98 Å². The van der Waals surface area contributed by atoms with Crippen LogP contribution in [0.2, 0.25) is 0 Å². The topological polar surface area (TPSA) is 96.5 Å². The second kappa shape index (κ2) is 6.18. The van der Waals surface area contributed by atoms with E-state index in [0.717, 1.165) is 31.0 Å². The Balaban J connectivity index is 2.23. The van der Waals surface area contributed by atoms with Crippen LogP contribution < -0.4 is 10.6 Å². The SMILES string of the molecule is NC(=O)C1CCCN(c2ncccc2/C=C/C(=O)O)C1. The maximum atomic E-state index is 11.3. The summed E-state index contributed by atoms with van der Waals surface area (Å²) in [4.78, 5) is 28.2. The number of amides is 1. The second-order valence-corrected chi connectivity index (χ2v) is 4.78. The van der Waals surface area contributed by atoms with Gasteiger partial charge in [0.05, 0.1) is 5.92 Å². The molecular weight excluding hydrogens is 258 g/mol. The molecule has 0 aromatic carbocycles.